The van der Waals surface area contributed by atoms with Crippen LogP contribution >= 0.6 is 0 Å². The van der Waals surface area contributed by atoms with Crippen LogP contribution < -0.4 is 4.72 Å². The Hall–Kier alpha value is -2.85. The molecule has 0 spiro atoms. The number of esters is 1. The summed E-state index contributed by atoms with van der Waals surface area (Å²) in [5.74, 6) is -2.76. The number of fused-ring (bicyclic) bond motifs is 1. The number of aromatic nitrogens is 1. The van der Waals surface area contributed by atoms with Crippen LogP contribution in [0.3, 0.4) is 0 Å². The second-order valence-electron chi connectivity index (χ2n) is 8.57. The summed E-state index contributed by atoms with van der Waals surface area (Å²) >= 11 is 0. The summed E-state index contributed by atoms with van der Waals surface area (Å²) in [4.78, 5) is 11.3. The highest BCUT2D eigenvalue weighted by Crippen LogP contribution is 2.40. The lowest BCUT2D eigenvalue weighted by molar-refractivity contribution is -0.141. The molecule has 0 aliphatic heterocycles. The monoisotopic (exact) mass is 494 g/mol. The van der Waals surface area contributed by atoms with Crippen molar-refractivity contribution in [3.8, 4) is 0 Å². The summed E-state index contributed by atoms with van der Waals surface area (Å²) in [6.45, 7) is 1.88. The number of carbonyl (C=O) groups is 1. The lowest BCUT2D eigenvalue weighted by atomic mass is 9.81. The predicted molar refractivity (Wildman–Crippen MR) is 120 cm³/mol. The van der Waals surface area contributed by atoms with Crippen molar-refractivity contribution in [2.24, 2.45) is 0 Å². The van der Waals surface area contributed by atoms with Crippen molar-refractivity contribution in [1.29, 1.82) is 0 Å². The number of methoxy groups -OCH3 is 1. The van der Waals surface area contributed by atoms with Crippen molar-refractivity contribution < 1.29 is 31.1 Å². The number of hydrogen-bond acceptors (Lipinski definition) is 4. The quantitative estimate of drug-likeness (QED) is 0.511. The predicted octanol–water partition coefficient (Wildman–Crippen LogP) is 4.54. The van der Waals surface area contributed by atoms with Crippen LogP contribution in [-0.4, -0.2) is 32.1 Å². The average Bonchev–Trinajstić information content (AvgIpc) is 3.04. The highest BCUT2D eigenvalue weighted by molar-refractivity contribution is 7.89. The highest BCUT2D eigenvalue weighted by atomic mass is 32.2. The molecule has 0 bridgehead atoms. The van der Waals surface area contributed by atoms with Crippen LogP contribution in [0.5, 0.6) is 0 Å². The number of sulfonamides is 1. The molecule has 0 radical (unpaired) electrons. The lowest BCUT2D eigenvalue weighted by Gasteiger charge is -2.29. The van der Waals surface area contributed by atoms with Gasteiger partial charge in [-0.1, -0.05) is 0 Å². The Balaban J connectivity index is 1.55. The molecule has 1 saturated carbocycles. The Morgan fingerprint density at radius 3 is 2.35 bits per heavy atom. The first-order chi connectivity index (χ1) is 16.1. The first-order valence-electron chi connectivity index (χ1n) is 10.9. The molecule has 6 nitrogen and oxygen atoms in total. The number of carbonyl (C=O) groups excluding carboxylic acids is 1. The topological polar surface area (TPSA) is 77.4 Å². The van der Waals surface area contributed by atoms with Crippen molar-refractivity contribution in [2.45, 2.75) is 56.0 Å². The maximum Gasteiger partial charge on any atom is 0.325 e. The Bertz CT molecular complexity index is 1350. The van der Waals surface area contributed by atoms with Gasteiger partial charge in [0.1, 0.15) is 28.9 Å². The molecule has 4 rings (SSSR count). The van der Waals surface area contributed by atoms with Crippen LogP contribution in [0.4, 0.5) is 13.2 Å². The minimum atomic E-state index is -4.15. The molecular weight excluding hydrogens is 469 g/mol. The summed E-state index contributed by atoms with van der Waals surface area (Å²) in [6, 6.07) is 6.38. The second-order valence-corrected chi connectivity index (χ2v) is 10.2. The third-order valence-electron chi connectivity index (χ3n) is 6.49. The highest BCUT2D eigenvalue weighted by Gasteiger charge is 2.31. The van der Waals surface area contributed by atoms with Crippen LogP contribution in [-0.2, 0) is 26.1 Å². The molecule has 2 aromatic carbocycles. The van der Waals surface area contributed by atoms with Crippen LogP contribution in [0.25, 0.3) is 10.9 Å². The zero-order chi connectivity index (χ0) is 24.6. The Labute approximate surface area is 195 Å². The van der Waals surface area contributed by atoms with E-state index in [9.17, 15) is 26.4 Å². The van der Waals surface area contributed by atoms with Crippen molar-refractivity contribution >= 4 is 26.9 Å². The molecule has 1 heterocycles. The minimum absolute atomic E-state index is 0.00282. The number of ether oxygens (including phenoxy) is 1. The summed E-state index contributed by atoms with van der Waals surface area (Å²) in [7, 11) is -2.84. The van der Waals surface area contributed by atoms with Gasteiger partial charge in [0.15, 0.2) is 0 Å². The average molecular weight is 495 g/mol. The molecule has 34 heavy (non-hydrogen) atoms. The zero-order valence-corrected chi connectivity index (χ0v) is 19.6. The molecule has 182 valence electrons. The van der Waals surface area contributed by atoms with Gasteiger partial charge in [0.25, 0.3) is 0 Å². The first kappa shape index (κ1) is 24.3. The van der Waals surface area contributed by atoms with E-state index in [4.69, 9.17) is 4.74 Å². The maximum atomic E-state index is 14.1. The number of halogens is 3. The number of nitrogens with zero attached hydrogens (tertiary/aromatic N) is 1. The third kappa shape index (κ3) is 4.69. The fourth-order valence-electron chi connectivity index (χ4n) is 4.87. The molecule has 10 heteroatoms. The van der Waals surface area contributed by atoms with Gasteiger partial charge in [-0.3, -0.25) is 4.79 Å². The lowest BCUT2D eigenvalue weighted by Crippen LogP contribution is -2.37. The third-order valence-corrected chi connectivity index (χ3v) is 8.04. The summed E-state index contributed by atoms with van der Waals surface area (Å²) in [6.07, 6.45) is 2.22. The molecular formula is C24H25F3N2O4S. The largest absolute Gasteiger partial charge is 0.468 e. The second kappa shape index (κ2) is 9.42. The standard InChI is InChI=1S/C24H25F3N2O4S/c1-14-24(19-11-16(25)5-9-21(19)29(14)13-23(30)33-2)15-3-7-18(8-4-15)28-34(31,32)22-10-6-17(26)12-20(22)27/h5-6,9-12,15,18,28H,3-4,7-8,13H2,1-2H3. The van der Waals surface area contributed by atoms with E-state index in [-0.39, 0.29) is 18.3 Å². The normalized spacial score (nSPS) is 18.9. The van der Waals surface area contributed by atoms with Gasteiger partial charge in [-0.2, -0.15) is 0 Å². The van der Waals surface area contributed by atoms with Crippen molar-refractivity contribution in [1.82, 2.24) is 9.29 Å². The minimum Gasteiger partial charge on any atom is -0.468 e. The molecule has 1 aliphatic carbocycles. The van der Waals surface area contributed by atoms with Crippen molar-refractivity contribution in [2.75, 3.05) is 7.11 Å². The van der Waals surface area contributed by atoms with Gasteiger partial charge < -0.3 is 9.30 Å². The SMILES string of the molecule is COC(=O)Cn1c(C)c(C2CCC(NS(=O)(=O)c3ccc(F)cc3F)CC2)c2cc(F)ccc21. The molecule has 1 aromatic heterocycles. The van der Waals surface area contributed by atoms with Crippen molar-refractivity contribution in [3.63, 3.8) is 0 Å². The van der Waals surface area contributed by atoms with Crippen LogP contribution in [0.2, 0.25) is 0 Å². The fraction of sp³-hybridized carbons (Fsp3) is 0.375. The fourth-order valence-corrected chi connectivity index (χ4v) is 6.23. The molecule has 0 atom stereocenters. The van der Waals surface area contributed by atoms with E-state index in [0.29, 0.717) is 31.7 Å². The van der Waals surface area contributed by atoms with E-state index in [2.05, 4.69) is 4.72 Å². The molecule has 3 aromatic rings. The summed E-state index contributed by atoms with van der Waals surface area (Å²) in [5, 5.41) is 0.721. The van der Waals surface area contributed by atoms with Gasteiger partial charge in [-0.25, -0.2) is 26.3 Å². The summed E-state index contributed by atoms with van der Waals surface area (Å²) < 4.78 is 75.6. The van der Waals surface area contributed by atoms with Gasteiger partial charge in [0.05, 0.1) is 7.11 Å². The van der Waals surface area contributed by atoms with Gasteiger partial charge in [0, 0.05) is 28.7 Å². The number of rotatable bonds is 6. The van der Waals surface area contributed by atoms with E-state index in [0.717, 1.165) is 34.3 Å². The van der Waals surface area contributed by atoms with Gasteiger partial charge in [-0.05, 0) is 74.4 Å². The van der Waals surface area contributed by atoms with E-state index in [1.54, 1.807) is 6.07 Å². The van der Waals surface area contributed by atoms with E-state index < -0.39 is 38.6 Å². The van der Waals surface area contributed by atoms with E-state index in [1.807, 2.05) is 11.5 Å². The molecule has 1 N–H and O–H groups in total. The smallest absolute Gasteiger partial charge is 0.325 e. The van der Waals surface area contributed by atoms with Crippen LogP contribution in [0, 0.1) is 24.4 Å². The summed E-state index contributed by atoms with van der Waals surface area (Å²) in [5.41, 5.74) is 2.50. The zero-order valence-electron chi connectivity index (χ0n) is 18.8. The first-order valence-corrected chi connectivity index (χ1v) is 12.4. The number of nitrogens with one attached hydrogen (secondary N) is 1. The van der Waals surface area contributed by atoms with Crippen LogP contribution in [0.15, 0.2) is 41.3 Å². The maximum absolute atomic E-state index is 14.1. The van der Waals surface area contributed by atoms with Crippen molar-refractivity contribution in [3.05, 3.63) is 65.1 Å². The van der Waals surface area contributed by atoms with Gasteiger partial charge in [0.2, 0.25) is 10.0 Å². The van der Waals surface area contributed by atoms with Crippen LogP contribution in [0.1, 0.15) is 42.9 Å². The van der Waals surface area contributed by atoms with E-state index in [1.165, 1.54) is 19.2 Å². The molecule has 1 fully saturated rings. The number of benzene rings is 2. The molecule has 0 amide bonds. The Kier molecular flexibility index (Phi) is 6.73. The van der Waals surface area contributed by atoms with Gasteiger partial charge in [-0.15, -0.1) is 0 Å². The Morgan fingerprint density at radius 2 is 1.71 bits per heavy atom. The molecule has 0 saturated heterocycles. The molecule has 1 aliphatic rings. The van der Waals surface area contributed by atoms with E-state index >= 15 is 0 Å². The van der Waals surface area contributed by atoms with Gasteiger partial charge >= 0.3 is 5.97 Å². The number of hydrogen-bond donors (Lipinski definition) is 1. The molecule has 0 unspecified atom stereocenters. The Morgan fingerprint density at radius 1 is 1.06 bits per heavy atom.